The zero-order valence-corrected chi connectivity index (χ0v) is 18.6. The van der Waals surface area contributed by atoms with E-state index < -0.39 is 22.5 Å². The molecule has 9 heteroatoms. The first-order valence-electron chi connectivity index (χ1n) is 9.12. The molecule has 0 heterocycles. The van der Waals surface area contributed by atoms with E-state index in [1.54, 1.807) is 6.07 Å². The van der Waals surface area contributed by atoms with Gasteiger partial charge in [-0.3, -0.25) is 9.10 Å². The van der Waals surface area contributed by atoms with Crippen molar-refractivity contribution in [3.05, 3.63) is 58.1 Å². The molecule has 29 heavy (non-hydrogen) atoms. The molecule has 0 radical (unpaired) electrons. The summed E-state index contributed by atoms with van der Waals surface area (Å²) < 4.78 is 30.8. The topological polar surface area (TPSA) is 75.7 Å². The Hall–Kier alpha value is -1.96. The molecule has 0 spiro atoms. The summed E-state index contributed by atoms with van der Waals surface area (Å²) in [4.78, 5) is 12.2. The van der Waals surface area contributed by atoms with Crippen LogP contribution in [-0.4, -0.2) is 40.3 Å². The largest absolute Gasteiger partial charge is 0.492 e. The highest BCUT2D eigenvalue weighted by Crippen LogP contribution is 2.30. The van der Waals surface area contributed by atoms with Crippen molar-refractivity contribution in [3.63, 3.8) is 0 Å². The van der Waals surface area contributed by atoms with Crippen molar-refractivity contribution < 1.29 is 17.9 Å². The Kier molecular flexibility index (Phi) is 8.61. The minimum absolute atomic E-state index is 0.153. The van der Waals surface area contributed by atoms with E-state index in [9.17, 15) is 13.2 Å². The molecule has 0 bridgehead atoms. The SMILES string of the molecule is CCCc1ccc(OCCNC(=O)CN(c2cc(Cl)ccc2Cl)S(C)(=O)=O)cc1. The lowest BCUT2D eigenvalue weighted by Gasteiger charge is -2.23. The van der Waals surface area contributed by atoms with Crippen LogP contribution in [0, 0.1) is 0 Å². The second kappa shape index (κ2) is 10.7. The van der Waals surface area contributed by atoms with Crippen LogP contribution in [0.25, 0.3) is 0 Å². The first kappa shape index (κ1) is 23.3. The van der Waals surface area contributed by atoms with Crippen LogP contribution in [0.15, 0.2) is 42.5 Å². The van der Waals surface area contributed by atoms with E-state index in [1.807, 2.05) is 24.3 Å². The van der Waals surface area contributed by atoms with Crippen molar-refractivity contribution in [2.45, 2.75) is 19.8 Å². The first-order chi connectivity index (χ1) is 13.7. The Morgan fingerprint density at radius 2 is 1.83 bits per heavy atom. The number of halogens is 2. The van der Waals surface area contributed by atoms with E-state index in [2.05, 4.69) is 12.2 Å². The van der Waals surface area contributed by atoms with Crippen molar-refractivity contribution in [2.24, 2.45) is 0 Å². The first-order valence-corrected chi connectivity index (χ1v) is 11.7. The summed E-state index contributed by atoms with van der Waals surface area (Å²) in [5, 5.41) is 3.14. The van der Waals surface area contributed by atoms with Gasteiger partial charge in [0.15, 0.2) is 0 Å². The number of rotatable bonds is 10. The Labute approximate surface area is 181 Å². The lowest BCUT2D eigenvalue weighted by Crippen LogP contribution is -2.41. The van der Waals surface area contributed by atoms with Crippen LogP contribution >= 0.6 is 23.2 Å². The molecule has 0 fully saturated rings. The number of amides is 1. The Morgan fingerprint density at radius 1 is 1.14 bits per heavy atom. The average Bonchev–Trinajstić information content (AvgIpc) is 2.66. The molecule has 158 valence electrons. The number of benzene rings is 2. The van der Waals surface area contributed by atoms with Crippen LogP contribution in [0.5, 0.6) is 5.75 Å². The van der Waals surface area contributed by atoms with Gasteiger partial charge in [0.1, 0.15) is 18.9 Å². The Balaban J connectivity index is 1.89. The van der Waals surface area contributed by atoms with Gasteiger partial charge in [-0.05, 0) is 42.3 Å². The lowest BCUT2D eigenvalue weighted by molar-refractivity contribution is -0.119. The van der Waals surface area contributed by atoms with Gasteiger partial charge in [0.25, 0.3) is 0 Å². The molecule has 0 saturated carbocycles. The molecule has 0 atom stereocenters. The van der Waals surface area contributed by atoms with Gasteiger partial charge < -0.3 is 10.1 Å². The molecule has 0 aliphatic rings. The third-order valence-electron chi connectivity index (χ3n) is 4.02. The van der Waals surface area contributed by atoms with Crippen LogP contribution < -0.4 is 14.4 Å². The molecular weight excluding hydrogens is 435 g/mol. The highest BCUT2D eigenvalue weighted by atomic mass is 35.5. The van der Waals surface area contributed by atoms with Gasteiger partial charge in [-0.1, -0.05) is 48.7 Å². The molecule has 0 aliphatic heterocycles. The van der Waals surface area contributed by atoms with Gasteiger partial charge in [0, 0.05) is 5.02 Å². The number of carbonyl (C=O) groups excluding carboxylic acids is 1. The number of anilines is 1. The minimum atomic E-state index is -3.74. The summed E-state index contributed by atoms with van der Waals surface area (Å²) in [6, 6.07) is 12.2. The van der Waals surface area contributed by atoms with Gasteiger partial charge in [-0.25, -0.2) is 8.42 Å². The van der Waals surface area contributed by atoms with Gasteiger partial charge in [0.05, 0.1) is 23.5 Å². The van der Waals surface area contributed by atoms with Crippen LogP contribution in [0.3, 0.4) is 0 Å². The third kappa shape index (κ3) is 7.42. The molecule has 1 amide bonds. The smallest absolute Gasteiger partial charge is 0.240 e. The Bertz CT molecular complexity index is 934. The number of aryl methyl sites for hydroxylation is 1. The average molecular weight is 459 g/mol. The fraction of sp³-hybridized carbons (Fsp3) is 0.350. The van der Waals surface area contributed by atoms with Gasteiger partial charge in [0.2, 0.25) is 15.9 Å². The monoisotopic (exact) mass is 458 g/mol. The Morgan fingerprint density at radius 3 is 2.45 bits per heavy atom. The molecular formula is C20H24Cl2N2O4S. The van der Waals surface area contributed by atoms with Crippen LogP contribution in [0.1, 0.15) is 18.9 Å². The zero-order chi connectivity index (χ0) is 21.4. The molecule has 6 nitrogen and oxygen atoms in total. The highest BCUT2D eigenvalue weighted by Gasteiger charge is 2.23. The highest BCUT2D eigenvalue weighted by molar-refractivity contribution is 7.92. The predicted molar refractivity (Wildman–Crippen MR) is 118 cm³/mol. The molecule has 2 rings (SSSR count). The summed E-state index contributed by atoms with van der Waals surface area (Å²) in [5.41, 5.74) is 1.40. The molecule has 0 aromatic heterocycles. The van der Waals surface area contributed by atoms with Crippen LogP contribution in [0.4, 0.5) is 5.69 Å². The predicted octanol–water partition coefficient (Wildman–Crippen LogP) is 3.91. The van der Waals surface area contributed by atoms with E-state index in [-0.39, 0.29) is 23.9 Å². The zero-order valence-electron chi connectivity index (χ0n) is 16.3. The van der Waals surface area contributed by atoms with E-state index in [0.29, 0.717) is 10.8 Å². The maximum Gasteiger partial charge on any atom is 0.240 e. The number of ether oxygens (including phenoxy) is 1. The number of hydrogen-bond donors (Lipinski definition) is 1. The molecule has 1 N–H and O–H groups in total. The molecule has 0 unspecified atom stereocenters. The quantitative estimate of drug-likeness (QED) is 0.547. The van der Waals surface area contributed by atoms with Crippen molar-refractivity contribution in [1.29, 1.82) is 0 Å². The lowest BCUT2D eigenvalue weighted by atomic mass is 10.1. The van der Waals surface area contributed by atoms with E-state index in [1.165, 1.54) is 17.7 Å². The fourth-order valence-corrected chi connectivity index (χ4v) is 3.94. The normalized spacial score (nSPS) is 11.2. The maximum absolute atomic E-state index is 12.2. The standard InChI is InChI=1S/C20H24Cl2N2O4S/c1-3-4-15-5-8-17(9-6-15)28-12-11-23-20(25)14-24(29(2,26)27)19-13-16(21)7-10-18(19)22/h5-10,13H,3-4,11-12,14H2,1-2H3,(H,23,25). The third-order valence-corrected chi connectivity index (χ3v) is 5.70. The fourth-order valence-electron chi connectivity index (χ4n) is 2.64. The summed E-state index contributed by atoms with van der Waals surface area (Å²) in [7, 11) is -3.74. The molecule has 0 aliphatic carbocycles. The van der Waals surface area contributed by atoms with E-state index >= 15 is 0 Å². The van der Waals surface area contributed by atoms with Crippen molar-refractivity contribution in [2.75, 3.05) is 30.3 Å². The maximum atomic E-state index is 12.2. The van der Waals surface area contributed by atoms with Crippen molar-refractivity contribution in [1.82, 2.24) is 5.32 Å². The van der Waals surface area contributed by atoms with Crippen molar-refractivity contribution in [3.8, 4) is 5.75 Å². The van der Waals surface area contributed by atoms with Crippen LogP contribution in [-0.2, 0) is 21.2 Å². The van der Waals surface area contributed by atoms with E-state index in [0.717, 1.165) is 23.4 Å². The molecule has 0 saturated heterocycles. The molecule has 2 aromatic rings. The van der Waals surface area contributed by atoms with Gasteiger partial charge in [-0.2, -0.15) is 0 Å². The second-order valence-corrected chi connectivity index (χ2v) is 9.21. The van der Waals surface area contributed by atoms with Gasteiger partial charge in [-0.15, -0.1) is 0 Å². The number of carbonyl (C=O) groups is 1. The number of nitrogens with zero attached hydrogens (tertiary/aromatic N) is 1. The van der Waals surface area contributed by atoms with Crippen molar-refractivity contribution >= 4 is 44.8 Å². The number of nitrogens with one attached hydrogen (secondary N) is 1. The van der Waals surface area contributed by atoms with Gasteiger partial charge >= 0.3 is 0 Å². The van der Waals surface area contributed by atoms with Crippen LogP contribution in [0.2, 0.25) is 10.0 Å². The minimum Gasteiger partial charge on any atom is -0.492 e. The number of hydrogen-bond acceptors (Lipinski definition) is 4. The summed E-state index contributed by atoms with van der Waals surface area (Å²) in [5.74, 6) is 0.232. The summed E-state index contributed by atoms with van der Waals surface area (Å²) in [6.07, 6.45) is 3.10. The van der Waals surface area contributed by atoms with E-state index in [4.69, 9.17) is 27.9 Å². The second-order valence-electron chi connectivity index (χ2n) is 6.46. The summed E-state index contributed by atoms with van der Waals surface area (Å²) in [6.45, 7) is 2.20. The number of sulfonamides is 1. The summed E-state index contributed by atoms with van der Waals surface area (Å²) >= 11 is 12.0. The molecule has 2 aromatic carbocycles.